The fourth-order valence-corrected chi connectivity index (χ4v) is 4.75. The van der Waals surface area contributed by atoms with Gasteiger partial charge in [0, 0.05) is 19.2 Å². The van der Waals surface area contributed by atoms with Crippen LogP contribution in [-0.4, -0.2) is 41.8 Å². The van der Waals surface area contributed by atoms with Gasteiger partial charge >= 0.3 is 0 Å². The molecule has 164 valence electrons. The molecule has 9 heteroatoms. The molecule has 7 nitrogen and oxygen atoms in total. The third kappa shape index (κ3) is 6.56. The molecule has 0 spiro atoms. The molecule has 0 heterocycles. The topological polar surface area (TPSA) is 101 Å². The summed E-state index contributed by atoms with van der Waals surface area (Å²) in [5, 5.41) is 2.86. The Hall–Kier alpha value is -2.39. The van der Waals surface area contributed by atoms with E-state index in [1.54, 1.807) is 24.3 Å². The Kier molecular flexibility index (Phi) is 7.65. The van der Waals surface area contributed by atoms with Gasteiger partial charge in [0.15, 0.2) is 9.84 Å². The zero-order valence-electron chi connectivity index (χ0n) is 17.6. The van der Waals surface area contributed by atoms with Crippen LogP contribution in [0.25, 0.3) is 0 Å². The maximum absolute atomic E-state index is 12.3. The maximum Gasteiger partial charge on any atom is 0.232 e. The molecule has 2 rings (SSSR count). The first-order chi connectivity index (χ1) is 13.9. The van der Waals surface area contributed by atoms with Gasteiger partial charge in [0.05, 0.1) is 22.9 Å². The zero-order chi connectivity index (χ0) is 22.5. The second-order valence-corrected chi connectivity index (χ2v) is 11.3. The highest BCUT2D eigenvalue weighted by molar-refractivity contribution is 7.92. The summed E-state index contributed by atoms with van der Waals surface area (Å²) >= 11 is 0. The quantitative estimate of drug-likeness (QED) is 0.631. The lowest BCUT2D eigenvalue weighted by atomic mass is 10.1. The van der Waals surface area contributed by atoms with Gasteiger partial charge in [-0.3, -0.25) is 9.10 Å². The van der Waals surface area contributed by atoms with Crippen molar-refractivity contribution in [1.29, 1.82) is 0 Å². The van der Waals surface area contributed by atoms with Crippen molar-refractivity contribution in [2.45, 2.75) is 37.6 Å². The van der Waals surface area contributed by atoms with Crippen molar-refractivity contribution in [3.63, 3.8) is 0 Å². The average molecular weight is 453 g/mol. The van der Waals surface area contributed by atoms with Crippen LogP contribution in [0.3, 0.4) is 0 Å². The van der Waals surface area contributed by atoms with E-state index in [0.29, 0.717) is 12.1 Å². The van der Waals surface area contributed by atoms with Gasteiger partial charge in [-0.1, -0.05) is 30.3 Å². The van der Waals surface area contributed by atoms with E-state index in [1.807, 2.05) is 26.0 Å². The molecule has 30 heavy (non-hydrogen) atoms. The third-order valence-corrected chi connectivity index (χ3v) is 7.04. The van der Waals surface area contributed by atoms with Crippen molar-refractivity contribution in [2.24, 2.45) is 0 Å². The fourth-order valence-electron chi connectivity index (χ4n) is 3.09. The van der Waals surface area contributed by atoms with Crippen LogP contribution in [0.4, 0.5) is 5.69 Å². The fraction of sp³-hybridized carbons (Fsp3) is 0.381. The van der Waals surface area contributed by atoms with E-state index in [-0.39, 0.29) is 29.8 Å². The summed E-state index contributed by atoms with van der Waals surface area (Å²) in [5.74, 6) is -0.201. The predicted octanol–water partition coefficient (Wildman–Crippen LogP) is 2.82. The number of carbonyl (C=O) groups is 1. The molecule has 0 saturated carbocycles. The van der Waals surface area contributed by atoms with E-state index in [0.717, 1.165) is 23.6 Å². The highest BCUT2D eigenvalue weighted by Gasteiger charge is 2.19. The zero-order valence-corrected chi connectivity index (χ0v) is 19.3. The van der Waals surface area contributed by atoms with E-state index >= 15 is 0 Å². The molecule has 1 N–H and O–H groups in total. The molecule has 0 aliphatic carbocycles. The molecule has 1 atom stereocenters. The molecule has 0 bridgehead atoms. The molecule has 2 aromatic rings. The number of benzene rings is 2. The van der Waals surface area contributed by atoms with Crippen LogP contribution in [0.2, 0.25) is 0 Å². The number of hydrogen-bond donors (Lipinski definition) is 1. The lowest BCUT2D eigenvalue weighted by Crippen LogP contribution is -2.33. The van der Waals surface area contributed by atoms with Crippen LogP contribution < -0.4 is 9.62 Å². The summed E-state index contributed by atoms with van der Waals surface area (Å²) in [6, 6.07) is 13.3. The summed E-state index contributed by atoms with van der Waals surface area (Å²) in [4.78, 5) is 12.5. The number of carbonyl (C=O) groups excluding carboxylic acids is 1. The highest BCUT2D eigenvalue weighted by atomic mass is 32.2. The minimum atomic E-state index is -3.47. The Bertz CT molecular complexity index is 1090. The molecule has 0 radical (unpaired) electrons. The lowest BCUT2D eigenvalue weighted by Gasteiger charge is -2.24. The standard InChI is InChI=1S/C21H28N2O5S2/c1-16-8-5-6-9-20(16)23(30(4,27)28)15-7-10-21(24)22-17(2)18-11-13-19(14-12-18)29(3,25)26/h5-6,8-9,11-14,17H,7,10,15H2,1-4H3,(H,22,24)/t17-/m1/s1. The smallest absolute Gasteiger partial charge is 0.232 e. The normalized spacial score (nSPS) is 12.9. The molecule has 0 unspecified atom stereocenters. The van der Waals surface area contributed by atoms with Crippen molar-refractivity contribution in [2.75, 3.05) is 23.4 Å². The van der Waals surface area contributed by atoms with Crippen LogP contribution in [0.5, 0.6) is 0 Å². The number of rotatable bonds is 9. The van der Waals surface area contributed by atoms with E-state index in [9.17, 15) is 21.6 Å². The lowest BCUT2D eigenvalue weighted by molar-refractivity contribution is -0.121. The number of aryl methyl sites for hydroxylation is 1. The molecule has 0 fully saturated rings. The van der Waals surface area contributed by atoms with Crippen molar-refractivity contribution < 1.29 is 21.6 Å². The summed E-state index contributed by atoms with van der Waals surface area (Å²) < 4.78 is 48.8. The Morgan fingerprint density at radius 2 is 1.60 bits per heavy atom. The van der Waals surface area contributed by atoms with E-state index in [4.69, 9.17) is 0 Å². The molecule has 2 aromatic carbocycles. The number of sulfonamides is 1. The highest BCUT2D eigenvalue weighted by Crippen LogP contribution is 2.22. The first-order valence-corrected chi connectivity index (χ1v) is 13.3. The van der Waals surface area contributed by atoms with Crippen molar-refractivity contribution >= 4 is 31.5 Å². The minimum Gasteiger partial charge on any atom is -0.350 e. The second kappa shape index (κ2) is 9.61. The van der Waals surface area contributed by atoms with Crippen LogP contribution in [0.15, 0.2) is 53.4 Å². The largest absolute Gasteiger partial charge is 0.350 e. The van der Waals surface area contributed by atoms with Crippen LogP contribution in [0.1, 0.15) is 36.9 Å². The van der Waals surface area contributed by atoms with Gasteiger partial charge < -0.3 is 5.32 Å². The van der Waals surface area contributed by atoms with Crippen molar-refractivity contribution in [3.05, 3.63) is 59.7 Å². The number of nitrogens with zero attached hydrogens (tertiary/aromatic N) is 1. The van der Waals surface area contributed by atoms with Gasteiger partial charge in [0.2, 0.25) is 15.9 Å². The molecular weight excluding hydrogens is 424 g/mol. The molecule has 0 aliphatic rings. The Morgan fingerprint density at radius 1 is 1.00 bits per heavy atom. The number of hydrogen-bond acceptors (Lipinski definition) is 5. The minimum absolute atomic E-state index is 0.170. The van der Waals surface area contributed by atoms with Crippen molar-refractivity contribution in [1.82, 2.24) is 5.32 Å². The summed E-state index contributed by atoms with van der Waals surface area (Å²) in [7, 11) is -6.74. The van der Waals surface area contributed by atoms with Crippen LogP contribution in [0, 0.1) is 6.92 Å². The van der Waals surface area contributed by atoms with Gasteiger partial charge in [0.1, 0.15) is 0 Å². The van der Waals surface area contributed by atoms with E-state index in [1.165, 1.54) is 16.4 Å². The number of para-hydroxylation sites is 1. The third-order valence-electron chi connectivity index (χ3n) is 4.74. The Labute approximate surface area is 179 Å². The second-order valence-electron chi connectivity index (χ2n) is 7.36. The maximum atomic E-state index is 12.3. The first kappa shape index (κ1) is 23.9. The number of nitrogens with one attached hydrogen (secondary N) is 1. The summed E-state index contributed by atoms with van der Waals surface area (Å²) in [6.45, 7) is 3.86. The first-order valence-electron chi connectivity index (χ1n) is 9.52. The Morgan fingerprint density at radius 3 is 2.13 bits per heavy atom. The van der Waals surface area contributed by atoms with Gasteiger partial charge in [0.25, 0.3) is 0 Å². The SMILES string of the molecule is Cc1ccccc1N(CCCC(=O)N[C@H](C)c1ccc(S(C)(=O)=O)cc1)S(C)(=O)=O. The van der Waals surface area contributed by atoms with Gasteiger partial charge in [-0.15, -0.1) is 0 Å². The molecular formula is C21H28N2O5S2. The molecule has 0 aliphatic heterocycles. The number of sulfone groups is 1. The predicted molar refractivity (Wildman–Crippen MR) is 119 cm³/mol. The van der Waals surface area contributed by atoms with E-state index in [2.05, 4.69) is 5.32 Å². The van der Waals surface area contributed by atoms with Crippen LogP contribution >= 0.6 is 0 Å². The summed E-state index contributed by atoms with van der Waals surface area (Å²) in [5.41, 5.74) is 2.24. The van der Waals surface area contributed by atoms with Gasteiger partial charge in [-0.05, 0) is 49.6 Å². The average Bonchev–Trinajstić information content (AvgIpc) is 2.64. The molecule has 1 amide bonds. The van der Waals surface area contributed by atoms with Crippen molar-refractivity contribution in [3.8, 4) is 0 Å². The Balaban J connectivity index is 1.95. The number of amides is 1. The van der Waals surface area contributed by atoms with E-state index < -0.39 is 19.9 Å². The number of anilines is 1. The monoisotopic (exact) mass is 452 g/mol. The van der Waals surface area contributed by atoms with Gasteiger partial charge in [-0.2, -0.15) is 0 Å². The molecule has 0 aromatic heterocycles. The molecule has 0 saturated heterocycles. The summed E-state index contributed by atoms with van der Waals surface area (Å²) in [6.07, 6.45) is 2.84. The van der Waals surface area contributed by atoms with Crippen LogP contribution in [-0.2, 0) is 24.7 Å². The van der Waals surface area contributed by atoms with Gasteiger partial charge in [-0.25, -0.2) is 16.8 Å².